The SMILES string of the molecule is C=C(C)C(=O)N[C@@H](CCC(=O)OC(C)(C)C)C(=O)OC. The molecule has 0 aliphatic rings. The zero-order chi connectivity index (χ0) is 15.9. The summed E-state index contributed by atoms with van der Waals surface area (Å²) in [5.41, 5.74) is -0.310. The summed E-state index contributed by atoms with van der Waals surface area (Å²) in [7, 11) is 1.22. The van der Waals surface area contributed by atoms with Crippen LogP contribution in [0.3, 0.4) is 0 Å². The number of amides is 1. The number of methoxy groups -OCH3 is 1. The lowest BCUT2D eigenvalue weighted by atomic mass is 10.1. The third-order valence-corrected chi connectivity index (χ3v) is 2.24. The van der Waals surface area contributed by atoms with Crippen LogP contribution in [0.4, 0.5) is 0 Å². The van der Waals surface area contributed by atoms with E-state index >= 15 is 0 Å². The molecule has 0 rings (SSSR count). The van der Waals surface area contributed by atoms with Gasteiger partial charge in [0.05, 0.1) is 7.11 Å². The quantitative estimate of drug-likeness (QED) is 0.588. The van der Waals surface area contributed by atoms with Crippen molar-refractivity contribution in [2.75, 3.05) is 7.11 Å². The summed E-state index contributed by atoms with van der Waals surface area (Å²) in [6.07, 6.45) is 0.119. The lowest BCUT2D eigenvalue weighted by Crippen LogP contribution is -2.42. The first-order valence-electron chi connectivity index (χ1n) is 6.33. The first-order chi connectivity index (χ1) is 9.06. The number of ether oxygens (including phenoxy) is 2. The van der Waals surface area contributed by atoms with Crippen LogP contribution >= 0.6 is 0 Å². The van der Waals surface area contributed by atoms with Gasteiger partial charge in [-0.1, -0.05) is 6.58 Å². The maximum Gasteiger partial charge on any atom is 0.328 e. The normalized spacial score (nSPS) is 12.2. The van der Waals surface area contributed by atoms with Crippen molar-refractivity contribution in [1.29, 1.82) is 0 Å². The fraction of sp³-hybridized carbons (Fsp3) is 0.643. The lowest BCUT2D eigenvalue weighted by Gasteiger charge is -2.21. The highest BCUT2D eigenvalue weighted by Gasteiger charge is 2.24. The Morgan fingerprint density at radius 3 is 2.20 bits per heavy atom. The summed E-state index contributed by atoms with van der Waals surface area (Å²) >= 11 is 0. The van der Waals surface area contributed by atoms with Crippen LogP contribution in [0, 0.1) is 0 Å². The monoisotopic (exact) mass is 285 g/mol. The van der Waals surface area contributed by atoms with E-state index in [1.807, 2.05) is 0 Å². The van der Waals surface area contributed by atoms with Crippen molar-refractivity contribution in [1.82, 2.24) is 5.32 Å². The first-order valence-corrected chi connectivity index (χ1v) is 6.33. The fourth-order valence-electron chi connectivity index (χ4n) is 1.33. The smallest absolute Gasteiger partial charge is 0.328 e. The van der Waals surface area contributed by atoms with E-state index in [0.717, 1.165) is 0 Å². The molecule has 6 nitrogen and oxygen atoms in total. The maximum atomic E-state index is 11.6. The van der Waals surface area contributed by atoms with Crippen molar-refractivity contribution in [3.63, 3.8) is 0 Å². The molecule has 0 unspecified atom stereocenters. The van der Waals surface area contributed by atoms with E-state index in [-0.39, 0.29) is 18.4 Å². The molecule has 6 heteroatoms. The van der Waals surface area contributed by atoms with Gasteiger partial charge in [-0.15, -0.1) is 0 Å². The van der Waals surface area contributed by atoms with Gasteiger partial charge in [-0.05, 0) is 34.1 Å². The molecule has 0 bridgehead atoms. The molecule has 0 heterocycles. The third-order valence-electron chi connectivity index (χ3n) is 2.24. The lowest BCUT2D eigenvalue weighted by molar-refractivity contribution is -0.155. The summed E-state index contributed by atoms with van der Waals surface area (Å²) in [5.74, 6) is -1.50. The molecule has 20 heavy (non-hydrogen) atoms. The Bertz CT molecular complexity index is 395. The summed E-state index contributed by atoms with van der Waals surface area (Å²) in [6.45, 7) is 10.3. The van der Waals surface area contributed by atoms with Crippen LogP contribution in [0.25, 0.3) is 0 Å². The minimum Gasteiger partial charge on any atom is -0.467 e. The van der Waals surface area contributed by atoms with Gasteiger partial charge in [0.1, 0.15) is 11.6 Å². The van der Waals surface area contributed by atoms with Gasteiger partial charge < -0.3 is 14.8 Å². The zero-order valence-electron chi connectivity index (χ0n) is 12.7. The molecule has 0 saturated heterocycles. The highest BCUT2D eigenvalue weighted by molar-refractivity contribution is 5.95. The van der Waals surface area contributed by atoms with Crippen LogP contribution in [0.1, 0.15) is 40.5 Å². The van der Waals surface area contributed by atoms with Crippen molar-refractivity contribution < 1.29 is 23.9 Å². The van der Waals surface area contributed by atoms with Crippen molar-refractivity contribution in [2.45, 2.75) is 52.2 Å². The van der Waals surface area contributed by atoms with Crippen molar-refractivity contribution in [3.8, 4) is 0 Å². The molecule has 0 aromatic carbocycles. The molecule has 0 aliphatic heterocycles. The van der Waals surface area contributed by atoms with E-state index in [4.69, 9.17) is 4.74 Å². The van der Waals surface area contributed by atoms with Gasteiger partial charge in [-0.2, -0.15) is 0 Å². The van der Waals surface area contributed by atoms with Gasteiger partial charge >= 0.3 is 11.9 Å². The Kier molecular flexibility index (Phi) is 6.96. The molecule has 0 fully saturated rings. The molecule has 0 radical (unpaired) electrons. The van der Waals surface area contributed by atoms with E-state index < -0.39 is 29.5 Å². The second-order valence-corrected chi connectivity index (χ2v) is 5.45. The molecular weight excluding hydrogens is 262 g/mol. The predicted molar refractivity (Wildman–Crippen MR) is 73.8 cm³/mol. The van der Waals surface area contributed by atoms with E-state index in [1.54, 1.807) is 20.8 Å². The minimum absolute atomic E-state index is 0.00745. The maximum absolute atomic E-state index is 11.6. The number of hydrogen-bond donors (Lipinski definition) is 1. The van der Waals surface area contributed by atoms with Crippen molar-refractivity contribution >= 4 is 17.8 Å². The summed E-state index contributed by atoms with van der Waals surface area (Å²) in [6, 6.07) is -0.892. The molecule has 0 aromatic heterocycles. The number of hydrogen-bond acceptors (Lipinski definition) is 5. The van der Waals surface area contributed by atoms with Gasteiger partial charge in [-0.25, -0.2) is 4.79 Å². The Hall–Kier alpha value is -1.85. The van der Waals surface area contributed by atoms with E-state index in [2.05, 4.69) is 16.6 Å². The van der Waals surface area contributed by atoms with E-state index in [9.17, 15) is 14.4 Å². The Balaban J connectivity index is 4.52. The average molecular weight is 285 g/mol. The Morgan fingerprint density at radius 1 is 1.25 bits per heavy atom. The Morgan fingerprint density at radius 2 is 1.80 bits per heavy atom. The molecule has 114 valence electrons. The van der Waals surface area contributed by atoms with Gasteiger partial charge in [-0.3, -0.25) is 9.59 Å². The highest BCUT2D eigenvalue weighted by atomic mass is 16.6. The first kappa shape index (κ1) is 18.1. The van der Waals surface area contributed by atoms with Crippen LogP contribution in [0.5, 0.6) is 0 Å². The standard InChI is InChI=1S/C14H23NO5/c1-9(2)12(17)15-10(13(18)19-6)7-8-11(16)20-14(3,4)5/h10H,1,7-8H2,2-6H3,(H,15,17)/t10-/m0/s1. The van der Waals surface area contributed by atoms with Gasteiger partial charge in [0.2, 0.25) is 5.91 Å². The molecule has 1 atom stereocenters. The third kappa shape index (κ3) is 7.56. The molecule has 1 amide bonds. The molecule has 0 aliphatic carbocycles. The summed E-state index contributed by atoms with van der Waals surface area (Å²) in [4.78, 5) is 34.7. The summed E-state index contributed by atoms with van der Waals surface area (Å²) < 4.78 is 9.72. The van der Waals surface area contributed by atoms with E-state index in [0.29, 0.717) is 0 Å². The number of esters is 2. The van der Waals surface area contributed by atoms with Crippen LogP contribution in [-0.2, 0) is 23.9 Å². The van der Waals surface area contributed by atoms with Crippen LogP contribution in [-0.4, -0.2) is 36.6 Å². The van der Waals surface area contributed by atoms with Gasteiger partial charge in [0, 0.05) is 12.0 Å². The molecule has 0 saturated carbocycles. The predicted octanol–water partition coefficient (Wildman–Crippen LogP) is 1.34. The molecule has 0 aromatic rings. The van der Waals surface area contributed by atoms with Crippen LogP contribution in [0.2, 0.25) is 0 Å². The number of carbonyl (C=O) groups excluding carboxylic acids is 3. The fourth-order valence-corrected chi connectivity index (χ4v) is 1.33. The molecule has 1 N–H and O–H groups in total. The topological polar surface area (TPSA) is 81.7 Å². The van der Waals surface area contributed by atoms with Gasteiger partial charge in [0.25, 0.3) is 0 Å². The van der Waals surface area contributed by atoms with Crippen LogP contribution < -0.4 is 5.32 Å². The Labute approximate surface area is 119 Å². The van der Waals surface area contributed by atoms with Crippen molar-refractivity contribution in [3.05, 3.63) is 12.2 Å². The molecule has 0 spiro atoms. The van der Waals surface area contributed by atoms with Crippen molar-refractivity contribution in [2.24, 2.45) is 0 Å². The second-order valence-electron chi connectivity index (χ2n) is 5.45. The number of carbonyl (C=O) groups is 3. The highest BCUT2D eigenvalue weighted by Crippen LogP contribution is 2.10. The van der Waals surface area contributed by atoms with Gasteiger partial charge in [0.15, 0.2) is 0 Å². The minimum atomic E-state index is -0.892. The summed E-state index contributed by atoms with van der Waals surface area (Å²) in [5, 5.41) is 2.46. The zero-order valence-corrected chi connectivity index (χ0v) is 12.7. The number of nitrogens with one attached hydrogen (secondary N) is 1. The number of rotatable bonds is 6. The van der Waals surface area contributed by atoms with E-state index in [1.165, 1.54) is 14.0 Å². The second kappa shape index (κ2) is 7.67. The average Bonchev–Trinajstić information content (AvgIpc) is 2.30. The van der Waals surface area contributed by atoms with Crippen LogP contribution in [0.15, 0.2) is 12.2 Å². The largest absolute Gasteiger partial charge is 0.467 e. The molecular formula is C14H23NO5.